The number of nitrogens with one attached hydrogen (secondary N) is 2. The van der Waals surface area contributed by atoms with Crippen LogP contribution in [0.4, 0.5) is 10.6 Å². The van der Waals surface area contributed by atoms with Crippen LogP contribution in [0.2, 0.25) is 0 Å². The zero-order valence-corrected chi connectivity index (χ0v) is 11.5. The predicted octanol–water partition coefficient (Wildman–Crippen LogP) is 2.17. The molecule has 0 radical (unpaired) electrons. The first-order chi connectivity index (χ1) is 7.83. The molecule has 7 heteroatoms. The maximum absolute atomic E-state index is 11.6. The summed E-state index contributed by atoms with van der Waals surface area (Å²) in [6.45, 7) is 7.37. The fraction of sp³-hybridized carbons (Fsp3) is 0.700. The molecule has 6 nitrogen and oxygen atoms in total. The van der Waals surface area contributed by atoms with Gasteiger partial charge in [0.25, 0.3) is 0 Å². The second kappa shape index (κ2) is 5.42. The van der Waals surface area contributed by atoms with Crippen LogP contribution < -0.4 is 10.6 Å². The van der Waals surface area contributed by atoms with Gasteiger partial charge in [-0.15, -0.1) is 0 Å². The van der Waals surface area contributed by atoms with Crippen LogP contribution in [-0.2, 0) is 4.74 Å². The van der Waals surface area contributed by atoms with Crippen molar-refractivity contribution in [2.75, 3.05) is 12.4 Å². The average molecular weight is 258 g/mol. The summed E-state index contributed by atoms with van der Waals surface area (Å²) in [5.41, 5.74) is 0.186. The van der Waals surface area contributed by atoms with E-state index in [9.17, 15) is 4.79 Å². The van der Waals surface area contributed by atoms with Crippen molar-refractivity contribution in [1.82, 2.24) is 14.1 Å². The van der Waals surface area contributed by atoms with Crippen LogP contribution in [0.1, 0.15) is 39.4 Å². The lowest BCUT2D eigenvalue weighted by Crippen LogP contribution is -2.28. The third kappa shape index (κ3) is 4.27. The lowest BCUT2D eigenvalue weighted by atomic mass is 10.2. The SMILES string of the molecule is CNC(C)c1nsnc1NC(=O)OC(C)(C)C. The Morgan fingerprint density at radius 1 is 1.41 bits per heavy atom. The molecule has 2 N–H and O–H groups in total. The number of amides is 1. The molecule has 1 amide bonds. The summed E-state index contributed by atoms with van der Waals surface area (Å²) in [5.74, 6) is 0.450. The summed E-state index contributed by atoms with van der Waals surface area (Å²) in [5, 5.41) is 5.64. The van der Waals surface area contributed by atoms with E-state index in [-0.39, 0.29) is 6.04 Å². The first-order valence-electron chi connectivity index (χ1n) is 5.33. The van der Waals surface area contributed by atoms with E-state index in [1.165, 1.54) is 0 Å². The van der Waals surface area contributed by atoms with Crippen molar-refractivity contribution >= 4 is 23.6 Å². The highest BCUT2D eigenvalue weighted by atomic mass is 32.1. The standard InChI is InChI=1S/C10H18N4O2S/c1-6(11-5)7-8(14-17-13-7)12-9(15)16-10(2,3)4/h6,11H,1-5H3,(H,12,14,15). The van der Waals surface area contributed by atoms with Crippen molar-refractivity contribution in [2.24, 2.45) is 0 Å². The fourth-order valence-corrected chi connectivity index (χ4v) is 1.70. The molecule has 1 aromatic heterocycles. The molecular formula is C10H18N4O2S. The minimum absolute atomic E-state index is 0.0266. The Morgan fingerprint density at radius 2 is 2.06 bits per heavy atom. The molecule has 1 heterocycles. The van der Waals surface area contributed by atoms with Gasteiger partial charge in [-0.1, -0.05) is 0 Å². The summed E-state index contributed by atoms with van der Waals surface area (Å²) in [6.07, 6.45) is -0.519. The summed E-state index contributed by atoms with van der Waals surface area (Å²) in [4.78, 5) is 11.6. The number of anilines is 1. The predicted molar refractivity (Wildman–Crippen MR) is 67.2 cm³/mol. The van der Waals surface area contributed by atoms with Crippen LogP contribution in [0.25, 0.3) is 0 Å². The van der Waals surface area contributed by atoms with Crippen LogP contribution in [0.15, 0.2) is 0 Å². The minimum atomic E-state index is -0.525. The third-order valence-corrected chi connectivity index (χ3v) is 2.52. The number of ether oxygens (including phenoxy) is 1. The smallest absolute Gasteiger partial charge is 0.413 e. The van der Waals surface area contributed by atoms with E-state index in [4.69, 9.17) is 4.74 Å². The maximum Gasteiger partial charge on any atom is 0.413 e. The number of hydrogen-bond donors (Lipinski definition) is 2. The lowest BCUT2D eigenvalue weighted by molar-refractivity contribution is 0.0635. The van der Waals surface area contributed by atoms with Crippen molar-refractivity contribution in [3.63, 3.8) is 0 Å². The Balaban J connectivity index is 2.69. The van der Waals surface area contributed by atoms with E-state index in [1.54, 1.807) is 0 Å². The van der Waals surface area contributed by atoms with Crippen LogP contribution >= 0.6 is 11.7 Å². The molecule has 0 saturated heterocycles. The van der Waals surface area contributed by atoms with Gasteiger partial charge in [0.2, 0.25) is 0 Å². The van der Waals surface area contributed by atoms with Crippen LogP contribution in [0.3, 0.4) is 0 Å². The highest BCUT2D eigenvalue weighted by Crippen LogP contribution is 2.20. The van der Waals surface area contributed by atoms with E-state index in [0.29, 0.717) is 11.5 Å². The second-order valence-corrected chi connectivity index (χ2v) is 5.16. The Bertz CT molecular complexity index is 386. The number of rotatable bonds is 3. The molecule has 0 aliphatic heterocycles. The largest absolute Gasteiger partial charge is 0.444 e. The van der Waals surface area contributed by atoms with Gasteiger partial charge in [-0.05, 0) is 34.7 Å². The van der Waals surface area contributed by atoms with E-state index < -0.39 is 11.7 Å². The highest BCUT2D eigenvalue weighted by molar-refractivity contribution is 6.99. The number of carbonyl (C=O) groups excluding carboxylic acids is 1. The lowest BCUT2D eigenvalue weighted by Gasteiger charge is -2.19. The molecule has 0 aliphatic rings. The van der Waals surface area contributed by atoms with Gasteiger partial charge < -0.3 is 10.1 Å². The molecule has 0 aromatic carbocycles. The summed E-state index contributed by atoms with van der Waals surface area (Å²) in [6, 6.07) is 0.0266. The Kier molecular flexibility index (Phi) is 4.41. The van der Waals surface area contributed by atoms with E-state index >= 15 is 0 Å². The summed E-state index contributed by atoms with van der Waals surface area (Å²) in [7, 11) is 1.82. The normalized spacial score (nSPS) is 13.2. The minimum Gasteiger partial charge on any atom is -0.444 e. The molecule has 1 unspecified atom stereocenters. The monoisotopic (exact) mass is 258 g/mol. The van der Waals surface area contributed by atoms with Gasteiger partial charge in [-0.25, -0.2) is 4.79 Å². The van der Waals surface area contributed by atoms with Gasteiger partial charge in [-0.3, -0.25) is 5.32 Å². The topological polar surface area (TPSA) is 76.1 Å². The van der Waals surface area contributed by atoms with Crippen molar-refractivity contribution in [2.45, 2.75) is 39.3 Å². The molecule has 1 aromatic rings. The summed E-state index contributed by atoms with van der Waals surface area (Å²) < 4.78 is 13.3. The van der Waals surface area contributed by atoms with Crippen LogP contribution in [0, 0.1) is 0 Å². The quantitative estimate of drug-likeness (QED) is 0.869. The van der Waals surface area contributed by atoms with Gasteiger partial charge in [0.15, 0.2) is 5.82 Å². The Labute approximate surface area is 105 Å². The molecule has 0 fully saturated rings. The van der Waals surface area contributed by atoms with Crippen molar-refractivity contribution in [3.8, 4) is 0 Å². The first kappa shape index (κ1) is 13.9. The molecule has 1 rings (SSSR count). The zero-order chi connectivity index (χ0) is 13.1. The molecular weight excluding hydrogens is 240 g/mol. The highest BCUT2D eigenvalue weighted by Gasteiger charge is 2.20. The number of carbonyl (C=O) groups is 1. The number of aromatic nitrogens is 2. The van der Waals surface area contributed by atoms with Gasteiger partial charge in [0.1, 0.15) is 11.3 Å². The first-order valence-corrected chi connectivity index (χ1v) is 6.06. The average Bonchev–Trinajstić information content (AvgIpc) is 2.61. The molecule has 0 bridgehead atoms. The molecule has 0 aliphatic carbocycles. The van der Waals surface area contributed by atoms with E-state index in [0.717, 1.165) is 11.7 Å². The molecule has 17 heavy (non-hydrogen) atoms. The molecule has 0 saturated carbocycles. The zero-order valence-electron chi connectivity index (χ0n) is 10.7. The summed E-state index contributed by atoms with van der Waals surface area (Å²) >= 11 is 1.06. The molecule has 0 spiro atoms. The second-order valence-electron chi connectivity index (χ2n) is 4.64. The number of hydrogen-bond acceptors (Lipinski definition) is 6. The van der Waals surface area contributed by atoms with Gasteiger partial charge in [0, 0.05) is 0 Å². The Hall–Kier alpha value is -1.21. The van der Waals surface area contributed by atoms with E-state index in [1.807, 2.05) is 34.7 Å². The van der Waals surface area contributed by atoms with E-state index in [2.05, 4.69) is 19.4 Å². The molecule has 1 atom stereocenters. The van der Waals surface area contributed by atoms with Gasteiger partial charge >= 0.3 is 6.09 Å². The Morgan fingerprint density at radius 3 is 2.59 bits per heavy atom. The van der Waals surface area contributed by atoms with Crippen molar-refractivity contribution < 1.29 is 9.53 Å². The maximum atomic E-state index is 11.6. The van der Waals surface area contributed by atoms with Gasteiger partial charge in [0.05, 0.1) is 17.8 Å². The van der Waals surface area contributed by atoms with Gasteiger partial charge in [-0.2, -0.15) is 8.75 Å². The van der Waals surface area contributed by atoms with Crippen LogP contribution in [0.5, 0.6) is 0 Å². The van der Waals surface area contributed by atoms with Crippen LogP contribution in [-0.4, -0.2) is 27.5 Å². The third-order valence-electron chi connectivity index (χ3n) is 1.98. The van der Waals surface area contributed by atoms with Crippen molar-refractivity contribution in [3.05, 3.63) is 5.69 Å². The van der Waals surface area contributed by atoms with Crippen molar-refractivity contribution in [1.29, 1.82) is 0 Å². The molecule has 96 valence electrons. The fourth-order valence-electron chi connectivity index (χ4n) is 1.10. The number of nitrogens with zero attached hydrogens (tertiary/aromatic N) is 2.